The fraction of sp³-hybridized carbons (Fsp3) is 0.611. The van der Waals surface area contributed by atoms with Gasteiger partial charge in [-0.3, -0.25) is 4.79 Å². The van der Waals surface area contributed by atoms with Gasteiger partial charge in [0.2, 0.25) is 0 Å². The summed E-state index contributed by atoms with van der Waals surface area (Å²) in [5, 5.41) is 0. The van der Waals surface area contributed by atoms with Crippen molar-refractivity contribution in [3.05, 3.63) is 35.4 Å². The lowest BCUT2D eigenvalue weighted by atomic mass is 9.97. The van der Waals surface area contributed by atoms with E-state index in [2.05, 4.69) is 38.1 Å². The normalized spacial score (nSPS) is 12.4. The third-order valence-electron chi connectivity index (χ3n) is 3.50. The summed E-state index contributed by atoms with van der Waals surface area (Å²) >= 11 is 0. The third-order valence-corrected chi connectivity index (χ3v) is 3.50. The Labute approximate surface area is 128 Å². The molecule has 0 fully saturated rings. The van der Waals surface area contributed by atoms with Gasteiger partial charge < -0.3 is 10.5 Å². The molecule has 1 unspecified atom stereocenters. The Morgan fingerprint density at radius 1 is 1.19 bits per heavy atom. The van der Waals surface area contributed by atoms with Gasteiger partial charge in [0, 0.05) is 12.5 Å². The molecule has 0 aromatic heterocycles. The number of esters is 1. The summed E-state index contributed by atoms with van der Waals surface area (Å²) in [6, 6.07) is 8.67. The Morgan fingerprint density at radius 2 is 1.86 bits per heavy atom. The van der Waals surface area contributed by atoms with Crippen LogP contribution in [0.2, 0.25) is 0 Å². The second kappa shape index (κ2) is 9.56. The molecule has 0 aliphatic rings. The minimum Gasteiger partial charge on any atom is -0.466 e. The van der Waals surface area contributed by atoms with Crippen LogP contribution in [0, 0.1) is 5.92 Å². The van der Waals surface area contributed by atoms with Crippen molar-refractivity contribution in [1.29, 1.82) is 0 Å². The van der Waals surface area contributed by atoms with Crippen molar-refractivity contribution in [1.82, 2.24) is 0 Å². The maximum absolute atomic E-state index is 11.2. The van der Waals surface area contributed by atoms with Crippen molar-refractivity contribution < 1.29 is 9.53 Å². The first-order valence-electron chi connectivity index (χ1n) is 8.03. The number of nitrogens with two attached hydrogens (primary N) is 1. The number of benzene rings is 1. The molecule has 0 bridgehead atoms. The molecule has 118 valence electrons. The van der Waals surface area contributed by atoms with Crippen molar-refractivity contribution in [2.24, 2.45) is 11.7 Å². The van der Waals surface area contributed by atoms with Crippen molar-refractivity contribution in [3.8, 4) is 0 Å². The van der Waals surface area contributed by atoms with Gasteiger partial charge in [-0.1, -0.05) is 44.5 Å². The zero-order valence-electron chi connectivity index (χ0n) is 13.6. The average Bonchev–Trinajstić information content (AvgIpc) is 2.44. The van der Waals surface area contributed by atoms with Crippen LogP contribution in [0.25, 0.3) is 0 Å². The van der Waals surface area contributed by atoms with E-state index in [0.29, 0.717) is 18.9 Å². The van der Waals surface area contributed by atoms with Gasteiger partial charge in [-0.25, -0.2) is 0 Å². The van der Waals surface area contributed by atoms with Crippen LogP contribution in [-0.2, 0) is 16.0 Å². The fourth-order valence-corrected chi connectivity index (χ4v) is 2.41. The smallest absolute Gasteiger partial charge is 0.305 e. The Kier molecular flexibility index (Phi) is 8.06. The molecule has 0 heterocycles. The highest BCUT2D eigenvalue weighted by Crippen LogP contribution is 2.19. The summed E-state index contributed by atoms with van der Waals surface area (Å²) in [6.07, 6.45) is 4.30. The van der Waals surface area contributed by atoms with Crippen molar-refractivity contribution in [2.45, 2.75) is 58.9 Å². The minimum atomic E-state index is -0.107. The third kappa shape index (κ3) is 7.28. The van der Waals surface area contributed by atoms with E-state index < -0.39 is 0 Å². The van der Waals surface area contributed by atoms with Gasteiger partial charge in [0.15, 0.2) is 0 Å². The van der Waals surface area contributed by atoms with Gasteiger partial charge in [0.05, 0.1) is 6.61 Å². The molecule has 0 spiro atoms. The maximum Gasteiger partial charge on any atom is 0.305 e. The Morgan fingerprint density at radius 3 is 2.43 bits per heavy atom. The van der Waals surface area contributed by atoms with E-state index in [4.69, 9.17) is 10.5 Å². The number of carbonyl (C=O) groups is 1. The summed E-state index contributed by atoms with van der Waals surface area (Å²) in [6.45, 7) is 6.74. The highest BCUT2D eigenvalue weighted by atomic mass is 16.5. The SMILES string of the molecule is CCOC(=O)CCCCC(N)c1ccc(CC(C)C)cc1. The molecule has 0 aliphatic heterocycles. The van der Waals surface area contributed by atoms with Crippen LogP contribution < -0.4 is 5.73 Å². The lowest BCUT2D eigenvalue weighted by Gasteiger charge is -2.13. The first kappa shape index (κ1) is 17.7. The van der Waals surface area contributed by atoms with Crippen LogP contribution in [0.4, 0.5) is 0 Å². The van der Waals surface area contributed by atoms with E-state index in [1.165, 1.54) is 11.1 Å². The predicted molar refractivity (Wildman–Crippen MR) is 87.0 cm³/mol. The average molecular weight is 291 g/mol. The van der Waals surface area contributed by atoms with Crippen molar-refractivity contribution in [3.63, 3.8) is 0 Å². The molecule has 0 saturated heterocycles. The molecule has 0 aliphatic carbocycles. The second-order valence-corrected chi connectivity index (χ2v) is 6.00. The Balaban J connectivity index is 2.31. The number of hydrogen-bond acceptors (Lipinski definition) is 3. The molecule has 3 heteroatoms. The van der Waals surface area contributed by atoms with Crippen LogP contribution >= 0.6 is 0 Å². The molecular formula is C18H29NO2. The van der Waals surface area contributed by atoms with Crippen molar-refractivity contribution >= 4 is 5.97 Å². The van der Waals surface area contributed by atoms with E-state index in [1.807, 2.05) is 6.92 Å². The largest absolute Gasteiger partial charge is 0.466 e. The lowest BCUT2D eigenvalue weighted by molar-refractivity contribution is -0.143. The number of carbonyl (C=O) groups excluding carboxylic acids is 1. The van der Waals surface area contributed by atoms with E-state index in [9.17, 15) is 4.79 Å². The van der Waals surface area contributed by atoms with Gasteiger partial charge in [0.1, 0.15) is 0 Å². The molecule has 3 nitrogen and oxygen atoms in total. The van der Waals surface area contributed by atoms with E-state index in [0.717, 1.165) is 25.7 Å². The first-order valence-corrected chi connectivity index (χ1v) is 8.03. The second-order valence-electron chi connectivity index (χ2n) is 6.00. The van der Waals surface area contributed by atoms with Gasteiger partial charge in [-0.15, -0.1) is 0 Å². The summed E-state index contributed by atoms with van der Waals surface area (Å²) in [5.41, 5.74) is 8.75. The van der Waals surface area contributed by atoms with E-state index >= 15 is 0 Å². The molecule has 0 amide bonds. The quantitative estimate of drug-likeness (QED) is 0.552. The standard InChI is InChI=1S/C18H29NO2/c1-4-21-18(20)8-6-5-7-17(19)16-11-9-15(10-12-16)13-14(2)3/h9-12,14,17H,4-8,13,19H2,1-3H3. The molecule has 1 aromatic carbocycles. The summed E-state index contributed by atoms with van der Waals surface area (Å²) < 4.78 is 4.91. The molecule has 0 saturated carbocycles. The predicted octanol–water partition coefficient (Wildman–Crippen LogP) is 4.01. The van der Waals surface area contributed by atoms with Crippen LogP contribution in [0.3, 0.4) is 0 Å². The molecule has 0 radical (unpaired) electrons. The molecule has 2 N–H and O–H groups in total. The number of ether oxygens (including phenoxy) is 1. The molecule has 1 rings (SSSR count). The number of unbranched alkanes of at least 4 members (excludes halogenated alkanes) is 1. The van der Waals surface area contributed by atoms with Gasteiger partial charge in [-0.2, -0.15) is 0 Å². The monoisotopic (exact) mass is 291 g/mol. The topological polar surface area (TPSA) is 52.3 Å². The highest BCUT2D eigenvalue weighted by Gasteiger charge is 2.07. The minimum absolute atomic E-state index is 0.0558. The zero-order chi connectivity index (χ0) is 15.7. The van der Waals surface area contributed by atoms with Gasteiger partial charge in [-0.05, 0) is 43.2 Å². The van der Waals surface area contributed by atoms with Gasteiger partial charge in [0.25, 0.3) is 0 Å². The Hall–Kier alpha value is -1.35. The Bertz CT molecular complexity index is 412. The van der Waals surface area contributed by atoms with Crippen LogP contribution in [0.15, 0.2) is 24.3 Å². The number of hydrogen-bond donors (Lipinski definition) is 1. The van der Waals surface area contributed by atoms with Crippen LogP contribution in [-0.4, -0.2) is 12.6 Å². The molecule has 21 heavy (non-hydrogen) atoms. The van der Waals surface area contributed by atoms with Crippen molar-refractivity contribution in [2.75, 3.05) is 6.61 Å². The van der Waals surface area contributed by atoms with E-state index in [1.54, 1.807) is 0 Å². The molecular weight excluding hydrogens is 262 g/mol. The van der Waals surface area contributed by atoms with Gasteiger partial charge >= 0.3 is 5.97 Å². The van der Waals surface area contributed by atoms with Crippen LogP contribution in [0.1, 0.15) is 63.6 Å². The summed E-state index contributed by atoms with van der Waals surface area (Å²) in [5.74, 6) is 0.566. The molecule has 1 aromatic rings. The van der Waals surface area contributed by atoms with Crippen LogP contribution in [0.5, 0.6) is 0 Å². The molecule has 1 atom stereocenters. The number of rotatable bonds is 9. The highest BCUT2D eigenvalue weighted by molar-refractivity contribution is 5.69. The van der Waals surface area contributed by atoms with E-state index in [-0.39, 0.29) is 12.0 Å². The fourth-order valence-electron chi connectivity index (χ4n) is 2.41. The lowest BCUT2D eigenvalue weighted by Crippen LogP contribution is -2.11. The zero-order valence-corrected chi connectivity index (χ0v) is 13.6. The maximum atomic E-state index is 11.2. The summed E-state index contributed by atoms with van der Waals surface area (Å²) in [4.78, 5) is 11.2. The summed E-state index contributed by atoms with van der Waals surface area (Å²) in [7, 11) is 0. The first-order chi connectivity index (χ1) is 10.0.